The number of pyridine rings is 2. The molecule has 15 heavy (non-hydrogen) atoms. The minimum absolute atomic E-state index is 0.802. The van der Waals surface area contributed by atoms with Crippen molar-refractivity contribution in [1.82, 2.24) is 9.97 Å². The van der Waals surface area contributed by atoms with Crippen LogP contribution in [0.5, 0.6) is 0 Å². The van der Waals surface area contributed by atoms with Crippen molar-refractivity contribution in [2.24, 2.45) is 0 Å². The lowest BCUT2D eigenvalue weighted by Gasteiger charge is -1.95. The molecule has 0 unspecified atom stereocenters. The number of fused-ring (bicyclic) bond motifs is 1. The number of nitrogens with zero attached hydrogens (tertiary/aromatic N) is 2. The number of furan rings is 1. The molecule has 3 rings (SSSR count). The van der Waals surface area contributed by atoms with E-state index in [2.05, 4.69) is 9.97 Å². The lowest BCUT2D eigenvalue weighted by atomic mass is 10.1. The molecule has 3 aromatic rings. The molecule has 0 radical (unpaired) electrons. The first-order valence-electron chi connectivity index (χ1n) is 4.68. The highest BCUT2D eigenvalue weighted by Gasteiger charge is 2.07. The van der Waals surface area contributed by atoms with Gasteiger partial charge >= 0.3 is 0 Å². The van der Waals surface area contributed by atoms with Crippen molar-refractivity contribution in [3.05, 3.63) is 49.1 Å². The van der Waals surface area contributed by atoms with Crippen LogP contribution < -0.4 is 0 Å². The summed E-state index contributed by atoms with van der Waals surface area (Å²) in [4.78, 5) is 8.37. The molecule has 72 valence electrons. The summed E-state index contributed by atoms with van der Waals surface area (Å²) in [5, 5.41) is 0. The first kappa shape index (κ1) is 8.17. The highest BCUT2D eigenvalue weighted by atomic mass is 16.3. The van der Waals surface area contributed by atoms with E-state index in [-0.39, 0.29) is 0 Å². The zero-order valence-electron chi connectivity index (χ0n) is 7.92. The maximum Gasteiger partial charge on any atom is 0.152 e. The van der Waals surface area contributed by atoms with Gasteiger partial charge in [0.05, 0.1) is 0 Å². The molecule has 3 heterocycles. The molecule has 0 aromatic carbocycles. The fourth-order valence-electron chi connectivity index (χ4n) is 1.59. The van der Waals surface area contributed by atoms with Crippen molar-refractivity contribution >= 4 is 11.1 Å². The van der Waals surface area contributed by atoms with E-state index in [4.69, 9.17) is 4.42 Å². The standard InChI is InChI=1S/C12H8N2O/c1-3-9(7-13-5-1)10-8-15-11-4-2-6-14-12(10)11/h1-8H. The summed E-state index contributed by atoms with van der Waals surface area (Å²) in [5.74, 6) is 0. The van der Waals surface area contributed by atoms with Crippen LogP contribution in [0.3, 0.4) is 0 Å². The minimum Gasteiger partial charge on any atom is -0.462 e. The van der Waals surface area contributed by atoms with Crippen LogP contribution in [0.4, 0.5) is 0 Å². The molecule has 0 saturated carbocycles. The van der Waals surface area contributed by atoms with Crippen molar-refractivity contribution in [3.8, 4) is 11.1 Å². The smallest absolute Gasteiger partial charge is 0.152 e. The van der Waals surface area contributed by atoms with Crippen molar-refractivity contribution in [1.29, 1.82) is 0 Å². The topological polar surface area (TPSA) is 38.9 Å². The maximum atomic E-state index is 5.41. The van der Waals surface area contributed by atoms with Crippen LogP contribution in [0.15, 0.2) is 53.5 Å². The van der Waals surface area contributed by atoms with E-state index in [1.165, 1.54) is 0 Å². The Bertz CT molecular complexity index is 587. The number of hydrogen-bond donors (Lipinski definition) is 0. The molecule has 3 heteroatoms. The van der Waals surface area contributed by atoms with Crippen molar-refractivity contribution in [2.75, 3.05) is 0 Å². The van der Waals surface area contributed by atoms with Gasteiger partial charge in [0.2, 0.25) is 0 Å². The SMILES string of the molecule is c1cncc(-c2coc3cccnc23)c1. The van der Waals surface area contributed by atoms with E-state index >= 15 is 0 Å². The Morgan fingerprint density at radius 3 is 2.87 bits per heavy atom. The summed E-state index contributed by atoms with van der Waals surface area (Å²) < 4.78 is 5.41. The lowest BCUT2D eigenvalue weighted by molar-refractivity contribution is 0.616. The van der Waals surface area contributed by atoms with E-state index in [1.807, 2.05) is 24.3 Å². The van der Waals surface area contributed by atoms with Gasteiger partial charge in [-0.05, 0) is 18.2 Å². The highest BCUT2D eigenvalue weighted by molar-refractivity contribution is 5.90. The fraction of sp³-hybridized carbons (Fsp3) is 0. The molecule has 0 bridgehead atoms. The van der Waals surface area contributed by atoms with Gasteiger partial charge in [0, 0.05) is 29.7 Å². The Labute approximate surface area is 86.4 Å². The molecule has 0 aliphatic rings. The Hall–Kier alpha value is -2.16. The predicted octanol–water partition coefficient (Wildman–Crippen LogP) is 2.89. The quantitative estimate of drug-likeness (QED) is 0.600. The molecular formula is C12H8N2O. The number of hydrogen-bond acceptors (Lipinski definition) is 3. The predicted molar refractivity (Wildman–Crippen MR) is 57.2 cm³/mol. The van der Waals surface area contributed by atoms with Gasteiger partial charge in [-0.2, -0.15) is 0 Å². The third kappa shape index (κ3) is 1.29. The van der Waals surface area contributed by atoms with E-state index < -0.39 is 0 Å². The average Bonchev–Trinajstić information content (AvgIpc) is 2.74. The van der Waals surface area contributed by atoms with Crippen molar-refractivity contribution < 1.29 is 4.42 Å². The fourth-order valence-corrected chi connectivity index (χ4v) is 1.59. The van der Waals surface area contributed by atoms with Crippen LogP contribution in [0.2, 0.25) is 0 Å². The van der Waals surface area contributed by atoms with E-state index in [9.17, 15) is 0 Å². The van der Waals surface area contributed by atoms with Crippen LogP contribution in [-0.2, 0) is 0 Å². The monoisotopic (exact) mass is 196 g/mol. The Morgan fingerprint density at radius 1 is 1.07 bits per heavy atom. The lowest BCUT2D eigenvalue weighted by Crippen LogP contribution is -1.78. The van der Waals surface area contributed by atoms with Crippen LogP contribution in [0, 0.1) is 0 Å². The summed E-state index contributed by atoms with van der Waals surface area (Å²) in [6, 6.07) is 7.66. The largest absolute Gasteiger partial charge is 0.462 e. The van der Waals surface area contributed by atoms with Gasteiger partial charge in [0.1, 0.15) is 11.8 Å². The van der Waals surface area contributed by atoms with E-state index in [1.54, 1.807) is 24.9 Å². The van der Waals surface area contributed by atoms with E-state index in [0.29, 0.717) is 0 Å². The number of aromatic nitrogens is 2. The van der Waals surface area contributed by atoms with Gasteiger partial charge in [0.25, 0.3) is 0 Å². The molecule has 0 aliphatic carbocycles. The zero-order valence-corrected chi connectivity index (χ0v) is 7.92. The molecule has 0 spiro atoms. The molecule has 0 aliphatic heterocycles. The first-order valence-corrected chi connectivity index (χ1v) is 4.68. The molecule has 0 amide bonds. The van der Waals surface area contributed by atoms with Gasteiger partial charge in [-0.15, -0.1) is 0 Å². The van der Waals surface area contributed by atoms with Gasteiger partial charge in [-0.1, -0.05) is 6.07 Å². The molecule has 0 N–H and O–H groups in total. The molecule has 0 atom stereocenters. The summed E-state index contributed by atoms with van der Waals surface area (Å²) in [6.45, 7) is 0. The average molecular weight is 196 g/mol. The summed E-state index contributed by atoms with van der Waals surface area (Å²) in [7, 11) is 0. The highest BCUT2D eigenvalue weighted by Crippen LogP contribution is 2.27. The molecule has 0 fully saturated rings. The minimum atomic E-state index is 0.802. The van der Waals surface area contributed by atoms with Crippen molar-refractivity contribution in [2.45, 2.75) is 0 Å². The third-order valence-corrected chi connectivity index (χ3v) is 2.30. The van der Waals surface area contributed by atoms with Crippen molar-refractivity contribution in [3.63, 3.8) is 0 Å². The van der Waals surface area contributed by atoms with Gasteiger partial charge in [-0.3, -0.25) is 9.97 Å². The Morgan fingerprint density at radius 2 is 2.00 bits per heavy atom. The third-order valence-electron chi connectivity index (χ3n) is 2.30. The zero-order chi connectivity index (χ0) is 10.1. The van der Waals surface area contributed by atoms with Gasteiger partial charge < -0.3 is 4.42 Å². The Balaban J connectivity index is 2.28. The first-order chi connectivity index (χ1) is 7.45. The van der Waals surface area contributed by atoms with Crippen LogP contribution in [0.25, 0.3) is 22.2 Å². The second-order valence-corrected chi connectivity index (χ2v) is 3.24. The summed E-state index contributed by atoms with van der Waals surface area (Å²) in [5.41, 5.74) is 3.69. The van der Waals surface area contributed by atoms with Crippen LogP contribution in [-0.4, -0.2) is 9.97 Å². The molecule has 3 nitrogen and oxygen atoms in total. The molecule has 0 saturated heterocycles. The second kappa shape index (κ2) is 3.20. The number of rotatable bonds is 1. The van der Waals surface area contributed by atoms with Crippen LogP contribution in [0.1, 0.15) is 0 Å². The van der Waals surface area contributed by atoms with E-state index in [0.717, 1.165) is 22.2 Å². The molecular weight excluding hydrogens is 188 g/mol. The maximum absolute atomic E-state index is 5.41. The Kier molecular flexibility index (Phi) is 1.75. The van der Waals surface area contributed by atoms with Crippen LogP contribution >= 0.6 is 0 Å². The molecule has 3 aromatic heterocycles. The summed E-state index contributed by atoms with van der Waals surface area (Å²) >= 11 is 0. The normalized spacial score (nSPS) is 10.7. The summed E-state index contributed by atoms with van der Waals surface area (Å²) in [6.07, 6.45) is 7.03. The van der Waals surface area contributed by atoms with Gasteiger partial charge in [0.15, 0.2) is 5.58 Å². The second-order valence-electron chi connectivity index (χ2n) is 3.24. The van der Waals surface area contributed by atoms with Gasteiger partial charge in [-0.25, -0.2) is 0 Å².